The van der Waals surface area contributed by atoms with Gasteiger partial charge in [0, 0.05) is 18.9 Å². The molecule has 0 radical (unpaired) electrons. The van der Waals surface area contributed by atoms with Crippen LogP contribution < -0.4 is 9.47 Å². The Labute approximate surface area is 111 Å². The van der Waals surface area contributed by atoms with Crippen molar-refractivity contribution in [3.8, 4) is 11.5 Å². The summed E-state index contributed by atoms with van der Waals surface area (Å²) in [5, 5.41) is 10.2. The summed E-state index contributed by atoms with van der Waals surface area (Å²) in [5.74, 6) is 1.46. The number of rotatable bonds is 4. The molecule has 1 unspecified atom stereocenters. The zero-order valence-corrected chi connectivity index (χ0v) is 10.5. The molecule has 5 nitrogen and oxygen atoms in total. The van der Waals surface area contributed by atoms with Crippen molar-refractivity contribution in [3.05, 3.63) is 42.5 Å². The third kappa shape index (κ3) is 2.71. The fourth-order valence-electron chi connectivity index (χ4n) is 2.12. The second kappa shape index (κ2) is 5.32. The van der Waals surface area contributed by atoms with Crippen LogP contribution in [0.5, 0.6) is 11.5 Å². The highest BCUT2D eigenvalue weighted by Gasteiger charge is 2.15. The first-order valence-corrected chi connectivity index (χ1v) is 6.36. The Bertz CT molecular complexity index is 540. The normalized spacial score (nSPS) is 15.2. The molecule has 0 saturated heterocycles. The summed E-state index contributed by atoms with van der Waals surface area (Å²) in [5.41, 5.74) is 0.851. The minimum absolute atomic E-state index is 0.516. The van der Waals surface area contributed by atoms with E-state index < -0.39 is 6.10 Å². The summed E-state index contributed by atoms with van der Waals surface area (Å²) in [4.78, 5) is 3.98. The van der Waals surface area contributed by atoms with E-state index >= 15 is 0 Å². The molecule has 100 valence electrons. The summed E-state index contributed by atoms with van der Waals surface area (Å²) in [6, 6.07) is 5.59. The predicted molar refractivity (Wildman–Crippen MR) is 69.2 cm³/mol. The predicted octanol–water partition coefficient (Wildman–Crippen LogP) is 1.78. The molecule has 0 fully saturated rings. The van der Waals surface area contributed by atoms with Gasteiger partial charge in [-0.1, -0.05) is 6.07 Å². The van der Waals surface area contributed by atoms with Crippen LogP contribution in [0.4, 0.5) is 0 Å². The molecule has 1 atom stereocenters. The maximum absolute atomic E-state index is 10.2. The smallest absolute Gasteiger partial charge is 0.161 e. The van der Waals surface area contributed by atoms with Gasteiger partial charge in [0.25, 0.3) is 0 Å². The van der Waals surface area contributed by atoms with E-state index in [1.807, 2.05) is 29.0 Å². The van der Waals surface area contributed by atoms with Gasteiger partial charge in [-0.25, -0.2) is 4.98 Å². The molecule has 2 aromatic rings. The van der Waals surface area contributed by atoms with Crippen molar-refractivity contribution in [2.24, 2.45) is 0 Å². The van der Waals surface area contributed by atoms with Gasteiger partial charge in [0.2, 0.25) is 0 Å². The number of fused-ring (bicyclic) bond motifs is 1. The minimum Gasteiger partial charge on any atom is -0.486 e. The van der Waals surface area contributed by atoms with Gasteiger partial charge in [0.15, 0.2) is 11.5 Å². The molecule has 1 N–H and O–H groups in total. The van der Waals surface area contributed by atoms with Gasteiger partial charge in [0.05, 0.1) is 12.4 Å². The fourth-order valence-corrected chi connectivity index (χ4v) is 2.12. The Morgan fingerprint density at radius 1 is 1.26 bits per heavy atom. The van der Waals surface area contributed by atoms with E-state index in [0.717, 1.165) is 17.9 Å². The number of ether oxygens (including phenoxy) is 2. The second-order valence-electron chi connectivity index (χ2n) is 4.51. The molecule has 2 heterocycles. The third-order valence-electron chi connectivity index (χ3n) is 3.17. The SMILES string of the molecule is OC(CCn1ccnc1)c1ccc2c(c1)OCCO2. The average molecular weight is 260 g/mol. The van der Waals surface area contributed by atoms with Crippen LogP contribution >= 0.6 is 0 Å². The molecule has 3 rings (SSSR count). The van der Waals surface area contributed by atoms with Crippen LogP contribution in [0.15, 0.2) is 36.9 Å². The number of aryl methyl sites for hydroxylation is 1. The number of aliphatic hydroxyl groups is 1. The molecule has 0 amide bonds. The Morgan fingerprint density at radius 2 is 2.11 bits per heavy atom. The van der Waals surface area contributed by atoms with Crippen molar-refractivity contribution >= 4 is 0 Å². The number of benzene rings is 1. The summed E-state index contributed by atoms with van der Waals surface area (Å²) in [6.07, 6.45) is 5.48. The van der Waals surface area contributed by atoms with E-state index in [2.05, 4.69) is 4.98 Å². The van der Waals surface area contributed by atoms with Gasteiger partial charge >= 0.3 is 0 Å². The van der Waals surface area contributed by atoms with Gasteiger partial charge in [-0.05, 0) is 24.1 Å². The second-order valence-corrected chi connectivity index (χ2v) is 4.51. The number of hydrogen-bond donors (Lipinski definition) is 1. The lowest BCUT2D eigenvalue weighted by Crippen LogP contribution is -2.15. The Hall–Kier alpha value is -2.01. The van der Waals surface area contributed by atoms with Gasteiger partial charge in [0.1, 0.15) is 13.2 Å². The van der Waals surface area contributed by atoms with Gasteiger partial charge < -0.3 is 19.1 Å². The lowest BCUT2D eigenvalue weighted by atomic mass is 10.1. The van der Waals surface area contributed by atoms with Crippen LogP contribution in [0, 0.1) is 0 Å². The standard InChI is InChI=1S/C14H16N2O3/c17-12(3-5-16-6-4-15-10-16)11-1-2-13-14(9-11)19-8-7-18-13/h1-2,4,6,9-10,12,17H,3,5,7-8H2. The van der Waals surface area contributed by atoms with Gasteiger partial charge in [-0.15, -0.1) is 0 Å². The van der Waals surface area contributed by atoms with E-state index in [1.54, 1.807) is 12.5 Å². The largest absolute Gasteiger partial charge is 0.486 e. The molecule has 1 aromatic carbocycles. The maximum atomic E-state index is 10.2. The van der Waals surface area contributed by atoms with Crippen molar-refractivity contribution in [2.45, 2.75) is 19.1 Å². The highest BCUT2D eigenvalue weighted by Crippen LogP contribution is 2.33. The number of aliphatic hydroxyl groups excluding tert-OH is 1. The number of nitrogens with zero attached hydrogens (tertiary/aromatic N) is 2. The minimum atomic E-state index is -0.516. The Morgan fingerprint density at radius 3 is 2.89 bits per heavy atom. The Balaban J connectivity index is 1.67. The molecule has 1 aromatic heterocycles. The van der Waals surface area contributed by atoms with Crippen molar-refractivity contribution in [1.82, 2.24) is 9.55 Å². The molecule has 1 aliphatic rings. The number of imidazole rings is 1. The molecular formula is C14H16N2O3. The average Bonchev–Trinajstić information content (AvgIpc) is 2.97. The maximum Gasteiger partial charge on any atom is 0.161 e. The van der Waals surface area contributed by atoms with Crippen LogP contribution in [-0.4, -0.2) is 27.9 Å². The van der Waals surface area contributed by atoms with Gasteiger partial charge in [-0.2, -0.15) is 0 Å². The molecule has 19 heavy (non-hydrogen) atoms. The van der Waals surface area contributed by atoms with Crippen molar-refractivity contribution in [3.63, 3.8) is 0 Å². The van der Waals surface area contributed by atoms with Crippen LogP contribution in [0.2, 0.25) is 0 Å². The van der Waals surface area contributed by atoms with Crippen LogP contribution in [-0.2, 0) is 6.54 Å². The Kier molecular flexibility index (Phi) is 3.37. The van der Waals surface area contributed by atoms with Crippen LogP contribution in [0.1, 0.15) is 18.1 Å². The zero-order chi connectivity index (χ0) is 13.1. The molecule has 0 saturated carbocycles. The monoisotopic (exact) mass is 260 g/mol. The molecule has 0 aliphatic carbocycles. The fraction of sp³-hybridized carbons (Fsp3) is 0.357. The number of aromatic nitrogens is 2. The molecule has 1 aliphatic heterocycles. The van der Waals surface area contributed by atoms with Crippen LogP contribution in [0.25, 0.3) is 0 Å². The van der Waals surface area contributed by atoms with Crippen molar-refractivity contribution < 1.29 is 14.6 Å². The lowest BCUT2D eigenvalue weighted by molar-refractivity contribution is 0.155. The quantitative estimate of drug-likeness (QED) is 0.910. The number of hydrogen-bond acceptors (Lipinski definition) is 4. The first-order chi connectivity index (χ1) is 9.33. The van der Waals surface area contributed by atoms with E-state index in [9.17, 15) is 5.11 Å². The molecular weight excluding hydrogens is 244 g/mol. The molecule has 0 spiro atoms. The first-order valence-electron chi connectivity index (χ1n) is 6.36. The first kappa shape index (κ1) is 12.0. The summed E-state index contributed by atoms with van der Waals surface area (Å²) < 4.78 is 12.9. The topological polar surface area (TPSA) is 56.5 Å². The van der Waals surface area contributed by atoms with E-state index in [0.29, 0.717) is 25.4 Å². The highest BCUT2D eigenvalue weighted by atomic mass is 16.6. The molecule has 5 heteroatoms. The highest BCUT2D eigenvalue weighted by molar-refractivity contribution is 5.44. The third-order valence-corrected chi connectivity index (χ3v) is 3.17. The summed E-state index contributed by atoms with van der Waals surface area (Å²) in [6.45, 7) is 1.87. The van der Waals surface area contributed by atoms with E-state index in [4.69, 9.17) is 9.47 Å². The van der Waals surface area contributed by atoms with Gasteiger partial charge in [-0.3, -0.25) is 0 Å². The molecule has 0 bridgehead atoms. The lowest BCUT2D eigenvalue weighted by Gasteiger charge is -2.20. The summed E-state index contributed by atoms with van der Waals surface area (Å²) >= 11 is 0. The van der Waals surface area contributed by atoms with E-state index in [1.165, 1.54) is 0 Å². The van der Waals surface area contributed by atoms with E-state index in [-0.39, 0.29) is 0 Å². The summed E-state index contributed by atoms with van der Waals surface area (Å²) in [7, 11) is 0. The zero-order valence-electron chi connectivity index (χ0n) is 10.5. The van der Waals surface area contributed by atoms with Crippen LogP contribution in [0.3, 0.4) is 0 Å². The van der Waals surface area contributed by atoms with Crippen molar-refractivity contribution in [2.75, 3.05) is 13.2 Å². The van der Waals surface area contributed by atoms with Crippen molar-refractivity contribution in [1.29, 1.82) is 0 Å².